The van der Waals surface area contributed by atoms with Crippen LogP contribution in [0.5, 0.6) is 5.75 Å². The molecule has 3 rings (SSSR count). The number of ether oxygens (including phenoxy) is 2. The third kappa shape index (κ3) is 5.08. The van der Waals surface area contributed by atoms with E-state index >= 15 is 0 Å². The smallest absolute Gasteiger partial charge is 0.254 e. The summed E-state index contributed by atoms with van der Waals surface area (Å²) in [5.74, 6) is 0.913. The summed E-state index contributed by atoms with van der Waals surface area (Å²) in [7, 11) is 0. The number of amides is 1. The fourth-order valence-electron chi connectivity index (χ4n) is 3.13. The second kappa shape index (κ2) is 9.74. The summed E-state index contributed by atoms with van der Waals surface area (Å²) in [5.41, 5.74) is 0.718. The summed E-state index contributed by atoms with van der Waals surface area (Å²) in [6.45, 7) is 4.97. The van der Waals surface area contributed by atoms with Gasteiger partial charge in [0.1, 0.15) is 5.75 Å². The lowest BCUT2D eigenvalue weighted by Crippen LogP contribution is -2.42. The predicted molar refractivity (Wildman–Crippen MR) is 105 cm³/mol. The molecule has 0 saturated carbocycles. The zero-order valence-corrected chi connectivity index (χ0v) is 16.2. The van der Waals surface area contributed by atoms with Gasteiger partial charge in [0.2, 0.25) is 0 Å². The molecule has 1 aromatic heterocycles. The van der Waals surface area contributed by atoms with Gasteiger partial charge in [-0.05, 0) is 55.0 Å². The second-order valence-corrected chi connectivity index (χ2v) is 7.61. The quantitative estimate of drug-likeness (QED) is 0.627. The SMILES string of the molecule is CCCCOc1ccc(C(=O)N(Cc2cccs2)C2CCOCC2)cc1. The minimum Gasteiger partial charge on any atom is -0.494 e. The summed E-state index contributed by atoms with van der Waals surface area (Å²) < 4.78 is 11.2. The van der Waals surface area contributed by atoms with E-state index in [0.29, 0.717) is 6.54 Å². The molecule has 5 heteroatoms. The van der Waals surface area contributed by atoms with E-state index in [-0.39, 0.29) is 11.9 Å². The molecular weight excluding hydrogens is 346 g/mol. The average molecular weight is 374 g/mol. The lowest BCUT2D eigenvalue weighted by molar-refractivity contribution is 0.0270. The molecule has 140 valence electrons. The van der Waals surface area contributed by atoms with Crippen LogP contribution >= 0.6 is 11.3 Å². The van der Waals surface area contributed by atoms with Gasteiger partial charge in [0.05, 0.1) is 13.2 Å². The molecule has 1 amide bonds. The van der Waals surface area contributed by atoms with E-state index < -0.39 is 0 Å². The molecule has 1 aromatic carbocycles. The van der Waals surface area contributed by atoms with Crippen LogP contribution in [0.3, 0.4) is 0 Å². The minimum absolute atomic E-state index is 0.0883. The molecule has 4 nitrogen and oxygen atoms in total. The van der Waals surface area contributed by atoms with Crippen LogP contribution < -0.4 is 4.74 Å². The maximum absolute atomic E-state index is 13.2. The molecule has 26 heavy (non-hydrogen) atoms. The number of carbonyl (C=O) groups is 1. The monoisotopic (exact) mass is 373 g/mol. The molecule has 1 saturated heterocycles. The normalized spacial score (nSPS) is 15.0. The van der Waals surface area contributed by atoms with Crippen molar-refractivity contribution in [2.45, 2.75) is 45.2 Å². The molecule has 2 aromatic rings. The Labute approximate surface area is 159 Å². The Morgan fingerprint density at radius 2 is 2.00 bits per heavy atom. The van der Waals surface area contributed by atoms with Crippen molar-refractivity contribution in [1.29, 1.82) is 0 Å². The molecule has 1 aliphatic rings. The summed E-state index contributed by atoms with van der Waals surface area (Å²) >= 11 is 1.70. The van der Waals surface area contributed by atoms with Crippen LogP contribution in [0.25, 0.3) is 0 Å². The van der Waals surface area contributed by atoms with Gasteiger partial charge in [0.15, 0.2) is 0 Å². The highest BCUT2D eigenvalue weighted by Gasteiger charge is 2.27. The van der Waals surface area contributed by atoms with Crippen LogP contribution in [0.1, 0.15) is 47.8 Å². The van der Waals surface area contributed by atoms with Crippen molar-refractivity contribution in [1.82, 2.24) is 4.90 Å². The van der Waals surface area contributed by atoms with Crippen molar-refractivity contribution in [3.05, 3.63) is 52.2 Å². The van der Waals surface area contributed by atoms with Crippen molar-refractivity contribution >= 4 is 17.2 Å². The Morgan fingerprint density at radius 1 is 1.23 bits per heavy atom. The van der Waals surface area contributed by atoms with Crippen LogP contribution in [-0.4, -0.2) is 36.7 Å². The first-order valence-electron chi connectivity index (χ1n) is 9.42. The van der Waals surface area contributed by atoms with Crippen LogP contribution in [0, 0.1) is 0 Å². The number of hydrogen-bond acceptors (Lipinski definition) is 4. The van der Waals surface area contributed by atoms with Gasteiger partial charge < -0.3 is 14.4 Å². The predicted octanol–water partition coefficient (Wildman–Crippen LogP) is 4.75. The summed E-state index contributed by atoms with van der Waals surface area (Å²) in [6, 6.07) is 11.9. The third-order valence-electron chi connectivity index (χ3n) is 4.67. The van der Waals surface area contributed by atoms with Gasteiger partial charge in [-0.3, -0.25) is 4.79 Å². The highest BCUT2D eigenvalue weighted by molar-refractivity contribution is 7.09. The van der Waals surface area contributed by atoms with Crippen molar-refractivity contribution in [3.8, 4) is 5.75 Å². The first-order valence-corrected chi connectivity index (χ1v) is 10.3. The Balaban J connectivity index is 1.71. The fourth-order valence-corrected chi connectivity index (χ4v) is 3.83. The molecule has 0 bridgehead atoms. The van der Waals surface area contributed by atoms with Crippen molar-refractivity contribution in [2.75, 3.05) is 19.8 Å². The number of hydrogen-bond donors (Lipinski definition) is 0. The van der Waals surface area contributed by atoms with Crippen LogP contribution in [0.15, 0.2) is 41.8 Å². The molecule has 2 heterocycles. The van der Waals surface area contributed by atoms with E-state index in [1.165, 1.54) is 4.88 Å². The number of unbranched alkanes of at least 4 members (excludes halogenated alkanes) is 1. The molecule has 0 atom stereocenters. The second-order valence-electron chi connectivity index (χ2n) is 6.58. The van der Waals surface area contributed by atoms with Crippen molar-refractivity contribution < 1.29 is 14.3 Å². The molecule has 0 radical (unpaired) electrons. The lowest BCUT2D eigenvalue weighted by atomic mass is 10.0. The van der Waals surface area contributed by atoms with Gasteiger partial charge >= 0.3 is 0 Å². The molecule has 0 aliphatic carbocycles. The van der Waals surface area contributed by atoms with Crippen molar-refractivity contribution in [3.63, 3.8) is 0 Å². The first kappa shape index (κ1) is 18.9. The van der Waals surface area contributed by atoms with Gasteiger partial charge in [-0.25, -0.2) is 0 Å². The zero-order chi connectivity index (χ0) is 18.2. The Morgan fingerprint density at radius 3 is 2.65 bits per heavy atom. The van der Waals surface area contributed by atoms with E-state index in [9.17, 15) is 4.79 Å². The van der Waals surface area contributed by atoms with E-state index in [4.69, 9.17) is 9.47 Å². The van der Waals surface area contributed by atoms with E-state index in [1.807, 2.05) is 35.2 Å². The Hall–Kier alpha value is -1.85. The van der Waals surface area contributed by atoms with Crippen LogP contribution in [-0.2, 0) is 11.3 Å². The molecule has 0 N–H and O–H groups in total. The molecule has 0 spiro atoms. The standard InChI is InChI=1S/C21H27NO3S/c1-2-3-12-25-19-8-6-17(7-9-19)21(23)22(16-20-5-4-15-26-20)18-10-13-24-14-11-18/h4-9,15,18H,2-3,10-14,16H2,1H3. The number of nitrogens with zero attached hydrogens (tertiary/aromatic N) is 1. The number of benzene rings is 1. The largest absolute Gasteiger partial charge is 0.494 e. The summed E-state index contributed by atoms with van der Waals surface area (Å²) in [5, 5.41) is 2.06. The van der Waals surface area contributed by atoms with Crippen molar-refractivity contribution in [2.24, 2.45) is 0 Å². The summed E-state index contributed by atoms with van der Waals surface area (Å²) in [4.78, 5) is 16.4. The number of thiophene rings is 1. The van der Waals surface area contributed by atoms with Gasteiger partial charge in [0, 0.05) is 29.7 Å². The van der Waals surface area contributed by atoms with E-state index in [2.05, 4.69) is 18.4 Å². The van der Waals surface area contributed by atoms with E-state index in [1.54, 1.807) is 11.3 Å². The average Bonchev–Trinajstić information content (AvgIpc) is 3.20. The highest BCUT2D eigenvalue weighted by Crippen LogP contribution is 2.23. The zero-order valence-electron chi connectivity index (χ0n) is 15.4. The van der Waals surface area contributed by atoms with E-state index in [0.717, 1.165) is 56.8 Å². The highest BCUT2D eigenvalue weighted by atomic mass is 32.1. The molecule has 1 fully saturated rings. The molecule has 0 unspecified atom stereocenters. The van der Waals surface area contributed by atoms with Gasteiger partial charge in [-0.1, -0.05) is 19.4 Å². The molecular formula is C21H27NO3S. The first-order chi connectivity index (χ1) is 12.8. The van der Waals surface area contributed by atoms with Crippen LogP contribution in [0.4, 0.5) is 0 Å². The van der Waals surface area contributed by atoms with Gasteiger partial charge in [0.25, 0.3) is 5.91 Å². The number of rotatable bonds is 8. The van der Waals surface area contributed by atoms with Crippen LogP contribution in [0.2, 0.25) is 0 Å². The van der Waals surface area contributed by atoms with Gasteiger partial charge in [-0.15, -0.1) is 11.3 Å². The fraction of sp³-hybridized carbons (Fsp3) is 0.476. The third-order valence-corrected chi connectivity index (χ3v) is 5.53. The molecule has 1 aliphatic heterocycles. The Kier molecular flexibility index (Phi) is 7.09. The minimum atomic E-state index is 0.0883. The maximum atomic E-state index is 13.2. The maximum Gasteiger partial charge on any atom is 0.254 e. The number of carbonyl (C=O) groups excluding carboxylic acids is 1. The topological polar surface area (TPSA) is 38.8 Å². The van der Waals surface area contributed by atoms with Gasteiger partial charge in [-0.2, -0.15) is 0 Å². The lowest BCUT2D eigenvalue weighted by Gasteiger charge is -2.34. The Bertz CT molecular complexity index is 663. The summed E-state index contributed by atoms with van der Waals surface area (Å²) in [6.07, 6.45) is 3.95.